The van der Waals surface area contributed by atoms with E-state index in [4.69, 9.17) is 4.74 Å². The van der Waals surface area contributed by atoms with E-state index < -0.39 is 62.4 Å². The number of nitrogens with one attached hydrogen (secondary N) is 1. The second kappa shape index (κ2) is 10.5. The molecule has 0 heterocycles. The van der Waals surface area contributed by atoms with Crippen molar-refractivity contribution in [3.63, 3.8) is 0 Å². The summed E-state index contributed by atoms with van der Waals surface area (Å²) >= 11 is 0. The molecule has 1 N–H and O–H groups in total. The fourth-order valence-corrected chi connectivity index (χ4v) is 3.56. The van der Waals surface area contributed by atoms with E-state index in [-0.39, 0.29) is 11.3 Å². The van der Waals surface area contributed by atoms with E-state index in [1.807, 2.05) is 0 Å². The van der Waals surface area contributed by atoms with E-state index >= 15 is 4.39 Å². The summed E-state index contributed by atoms with van der Waals surface area (Å²) in [4.78, 5) is 35.8. The Morgan fingerprint density at radius 3 is 2.05 bits per heavy atom. The number of carbonyl (C=O) groups excluding carboxylic acids is 2. The van der Waals surface area contributed by atoms with Gasteiger partial charge in [0.1, 0.15) is 11.3 Å². The first-order chi connectivity index (χ1) is 18.1. The Bertz CT molecular complexity index is 1520. The minimum absolute atomic E-state index is 0.124. The molecule has 7 nitrogen and oxygen atoms in total. The number of para-hydroxylation sites is 1. The van der Waals surface area contributed by atoms with Crippen LogP contribution in [0.2, 0.25) is 0 Å². The summed E-state index contributed by atoms with van der Waals surface area (Å²) in [6.45, 7) is 0. The van der Waals surface area contributed by atoms with Crippen molar-refractivity contribution >= 4 is 23.1 Å². The number of halogens is 4. The highest BCUT2D eigenvalue weighted by Gasteiger charge is 2.38. The van der Waals surface area contributed by atoms with Crippen molar-refractivity contribution < 1.29 is 36.8 Å². The Hall–Kier alpha value is -5.06. The minimum atomic E-state index is -5.07. The van der Waals surface area contributed by atoms with Crippen LogP contribution in [0, 0.1) is 15.9 Å². The number of rotatable bonds is 7. The number of benzene rings is 4. The van der Waals surface area contributed by atoms with Crippen molar-refractivity contribution in [2.75, 3.05) is 5.32 Å². The number of nitro benzene ring substituents is 1. The summed E-state index contributed by atoms with van der Waals surface area (Å²) in [5.41, 5.74) is -3.84. The van der Waals surface area contributed by atoms with Crippen LogP contribution in [0.5, 0.6) is 11.5 Å². The zero-order chi connectivity index (χ0) is 27.4. The summed E-state index contributed by atoms with van der Waals surface area (Å²) in [5.74, 6) is -3.42. The van der Waals surface area contributed by atoms with Gasteiger partial charge in [0.15, 0.2) is 17.3 Å². The maximum atomic E-state index is 15.7. The normalized spacial score (nSPS) is 11.1. The zero-order valence-corrected chi connectivity index (χ0v) is 19.2. The predicted molar refractivity (Wildman–Crippen MR) is 129 cm³/mol. The number of hydrogen-bond acceptors (Lipinski definition) is 5. The molecule has 4 aromatic rings. The van der Waals surface area contributed by atoms with Crippen molar-refractivity contribution in [1.82, 2.24) is 0 Å². The van der Waals surface area contributed by atoms with Crippen LogP contribution in [-0.4, -0.2) is 16.6 Å². The van der Waals surface area contributed by atoms with Gasteiger partial charge in [0.25, 0.3) is 11.6 Å². The zero-order valence-electron chi connectivity index (χ0n) is 19.2. The molecule has 4 rings (SSSR count). The van der Waals surface area contributed by atoms with Gasteiger partial charge in [0.05, 0.1) is 16.1 Å². The predicted octanol–water partition coefficient (Wildman–Crippen LogP) is 7.03. The molecular formula is C27H16F4N2O5. The van der Waals surface area contributed by atoms with Crippen LogP contribution in [0.15, 0.2) is 91.0 Å². The maximum absolute atomic E-state index is 15.7. The topological polar surface area (TPSA) is 98.5 Å². The second-order valence-corrected chi connectivity index (χ2v) is 7.85. The summed E-state index contributed by atoms with van der Waals surface area (Å²) in [6, 6.07) is 19.7. The Kier molecular flexibility index (Phi) is 7.19. The smallest absolute Gasteiger partial charge is 0.423 e. The van der Waals surface area contributed by atoms with E-state index in [9.17, 15) is 32.9 Å². The van der Waals surface area contributed by atoms with Crippen molar-refractivity contribution in [1.29, 1.82) is 0 Å². The highest BCUT2D eigenvalue weighted by Crippen LogP contribution is 2.38. The summed E-state index contributed by atoms with van der Waals surface area (Å²) < 4.78 is 61.3. The van der Waals surface area contributed by atoms with E-state index in [0.29, 0.717) is 12.1 Å². The Morgan fingerprint density at radius 1 is 0.842 bits per heavy atom. The lowest BCUT2D eigenvalue weighted by Gasteiger charge is -2.15. The third kappa shape index (κ3) is 5.51. The van der Waals surface area contributed by atoms with Gasteiger partial charge in [-0.1, -0.05) is 48.5 Å². The van der Waals surface area contributed by atoms with Crippen LogP contribution in [-0.2, 0) is 6.18 Å². The highest BCUT2D eigenvalue weighted by atomic mass is 19.4. The molecular weight excluding hydrogens is 508 g/mol. The fourth-order valence-electron chi connectivity index (χ4n) is 3.56. The molecule has 11 heteroatoms. The first kappa shape index (κ1) is 26.0. The molecule has 0 spiro atoms. The van der Waals surface area contributed by atoms with Crippen molar-refractivity contribution in [3.8, 4) is 11.5 Å². The van der Waals surface area contributed by atoms with Gasteiger partial charge in [-0.25, -0.2) is 4.39 Å². The van der Waals surface area contributed by atoms with Crippen LogP contribution >= 0.6 is 0 Å². The SMILES string of the molecule is O=C(c1ccccc1)c1ccc(C(=O)Nc2ccc([N+](=O)[O-])c(C(F)(F)F)c2)c(Oc2ccccc2)c1F. The molecule has 0 unspecified atom stereocenters. The van der Waals surface area contributed by atoms with Gasteiger partial charge in [-0.15, -0.1) is 0 Å². The molecule has 1 amide bonds. The number of ketones is 1. The van der Waals surface area contributed by atoms with Crippen molar-refractivity contribution in [2.45, 2.75) is 6.18 Å². The molecule has 0 saturated carbocycles. The third-order valence-corrected chi connectivity index (χ3v) is 5.34. The monoisotopic (exact) mass is 524 g/mol. The number of nitrogens with zero attached hydrogens (tertiary/aromatic N) is 1. The van der Waals surface area contributed by atoms with E-state index in [0.717, 1.165) is 18.2 Å². The van der Waals surface area contributed by atoms with Crippen LogP contribution < -0.4 is 10.1 Å². The van der Waals surface area contributed by atoms with Crippen LogP contribution in [0.4, 0.5) is 28.9 Å². The Balaban J connectivity index is 1.75. The van der Waals surface area contributed by atoms with Crippen LogP contribution in [0.1, 0.15) is 31.8 Å². The average Bonchev–Trinajstić information content (AvgIpc) is 2.90. The maximum Gasteiger partial charge on any atom is 0.423 e. The Morgan fingerprint density at radius 2 is 1.45 bits per heavy atom. The minimum Gasteiger partial charge on any atom is -0.453 e. The lowest BCUT2D eigenvalue weighted by Crippen LogP contribution is -2.16. The van der Waals surface area contributed by atoms with Gasteiger partial charge in [0, 0.05) is 17.3 Å². The number of nitro groups is 1. The number of alkyl halides is 3. The van der Waals surface area contributed by atoms with Gasteiger partial charge in [-0.2, -0.15) is 13.2 Å². The van der Waals surface area contributed by atoms with E-state index in [1.165, 1.54) is 24.3 Å². The molecule has 4 aromatic carbocycles. The number of hydrogen-bond donors (Lipinski definition) is 1. The van der Waals surface area contributed by atoms with Gasteiger partial charge in [-0.05, 0) is 36.4 Å². The van der Waals surface area contributed by atoms with Crippen molar-refractivity contribution in [2.24, 2.45) is 0 Å². The number of carbonyl (C=O) groups is 2. The first-order valence-corrected chi connectivity index (χ1v) is 10.9. The summed E-state index contributed by atoms with van der Waals surface area (Å²) in [5, 5.41) is 13.2. The molecule has 0 saturated heterocycles. The van der Waals surface area contributed by atoms with Gasteiger partial charge >= 0.3 is 6.18 Å². The molecule has 192 valence electrons. The quantitative estimate of drug-likeness (QED) is 0.121. The largest absolute Gasteiger partial charge is 0.453 e. The van der Waals surface area contributed by atoms with E-state index in [1.54, 1.807) is 36.4 Å². The molecule has 0 aliphatic rings. The molecule has 0 radical (unpaired) electrons. The molecule has 0 aliphatic carbocycles. The standard InChI is InChI=1S/C27H16F4N2O5/c28-23-19(24(34)16-7-3-1-4-8-16)12-13-20(25(23)38-18-9-5-2-6-10-18)26(35)32-17-11-14-22(33(36)37)21(15-17)27(29,30)31/h1-15H,(H,32,35). The second-order valence-electron chi connectivity index (χ2n) is 7.85. The lowest BCUT2D eigenvalue weighted by atomic mass is 10.00. The molecule has 0 atom stereocenters. The van der Waals surface area contributed by atoms with Crippen molar-refractivity contribution in [3.05, 3.63) is 129 Å². The number of anilines is 1. The molecule has 0 aliphatic heterocycles. The first-order valence-electron chi connectivity index (χ1n) is 10.9. The number of ether oxygens (including phenoxy) is 1. The van der Waals surface area contributed by atoms with Gasteiger partial charge < -0.3 is 10.1 Å². The van der Waals surface area contributed by atoms with Gasteiger partial charge in [0.2, 0.25) is 0 Å². The van der Waals surface area contributed by atoms with Crippen LogP contribution in [0.25, 0.3) is 0 Å². The molecule has 0 fully saturated rings. The summed E-state index contributed by atoms with van der Waals surface area (Å²) in [7, 11) is 0. The summed E-state index contributed by atoms with van der Waals surface area (Å²) in [6.07, 6.45) is -5.07. The van der Waals surface area contributed by atoms with E-state index in [2.05, 4.69) is 5.32 Å². The third-order valence-electron chi connectivity index (χ3n) is 5.34. The Labute approximate surface area is 212 Å². The average molecular weight is 524 g/mol. The van der Waals surface area contributed by atoms with Gasteiger partial charge in [-0.3, -0.25) is 19.7 Å². The highest BCUT2D eigenvalue weighted by molar-refractivity contribution is 6.11. The number of amides is 1. The molecule has 38 heavy (non-hydrogen) atoms. The van der Waals surface area contributed by atoms with Crippen LogP contribution in [0.3, 0.4) is 0 Å². The lowest BCUT2D eigenvalue weighted by molar-refractivity contribution is -0.388. The fraction of sp³-hybridized carbons (Fsp3) is 0.0370. The molecule has 0 aromatic heterocycles. The molecule has 0 bridgehead atoms.